The van der Waals surface area contributed by atoms with E-state index in [2.05, 4.69) is 35.9 Å². The summed E-state index contributed by atoms with van der Waals surface area (Å²) in [6.45, 7) is 8.47. The minimum absolute atomic E-state index is 0.0968. The molecule has 0 aliphatic carbocycles. The Labute approximate surface area is 120 Å². The van der Waals surface area contributed by atoms with Gasteiger partial charge >= 0.3 is 0 Å². The molecule has 1 N–H and O–H groups in total. The van der Waals surface area contributed by atoms with Gasteiger partial charge in [0.15, 0.2) is 0 Å². The molecule has 0 spiro atoms. The highest BCUT2D eigenvalue weighted by Crippen LogP contribution is 2.32. The number of carbonyl (C=O) groups is 1. The maximum Gasteiger partial charge on any atom is 0.274 e. The van der Waals surface area contributed by atoms with E-state index in [0.29, 0.717) is 23.8 Å². The second-order valence-electron chi connectivity index (χ2n) is 6.32. The monoisotopic (exact) mass is 276 g/mol. The van der Waals surface area contributed by atoms with Crippen LogP contribution in [0.15, 0.2) is 6.07 Å². The summed E-state index contributed by atoms with van der Waals surface area (Å²) in [7, 11) is 0. The van der Waals surface area contributed by atoms with Crippen molar-refractivity contribution in [3.63, 3.8) is 0 Å². The second kappa shape index (κ2) is 5.20. The molecule has 5 heteroatoms. The first-order chi connectivity index (χ1) is 9.60. The second-order valence-corrected chi connectivity index (χ2v) is 6.32. The summed E-state index contributed by atoms with van der Waals surface area (Å²) in [5, 5.41) is 7.16. The average Bonchev–Trinajstić information content (AvgIpc) is 3.12. The molecule has 5 nitrogen and oxygen atoms in total. The number of fused-ring (bicyclic) bond motifs is 2. The normalized spacial score (nSPS) is 25.9. The molecule has 3 rings (SSSR count). The van der Waals surface area contributed by atoms with E-state index in [-0.39, 0.29) is 5.91 Å². The van der Waals surface area contributed by atoms with E-state index in [1.165, 1.54) is 0 Å². The number of aryl methyl sites for hydroxylation is 1. The molecule has 2 bridgehead atoms. The van der Waals surface area contributed by atoms with Crippen LogP contribution in [0.1, 0.15) is 49.8 Å². The number of carbonyl (C=O) groups excluding carboxylic acids is 1. The van der Waals surface area contributed by atoms with E-state index in [9.17, 15) is 4.79 Å². The third-order valence-electron chi connectivity index (χ3n) is 4.58. The highest BCUT2D eigenvalue weighted by molar-refractivity contribution is 5.93. The van der Waals surface area contributed by atoms with Crippen LogP contribution in [0.2, 0.25) is 0 Å². The van der Waals surface area contributed by atoms with Gasteiger partial charge in [-0.3, -0.25) is 14.8 Å². The molecule has 1 aromatic heterocycles. The van der Waals surface area contributed by atoms with Gasteiger partial charge in [0.2, 0.25) is 0 Å². The Kier molecular flexibility index (Phi) is 3.54. The Hall–Kier alpha value is -1.36. The number of rotatable bonds is 4. The fourth-order valence-corrected chi connectivity index (χ4v) is 3.59. The van der Waals surface area contributed by atoms with Crippen LogP contribution in [-0.2, 0) is 6.42 Å². The van der Waals surface area contributed by atoms with Crippen molar-refractivity contribution in [2.24, 2.45) is 0 Å². The van der Waals surface area contributed by atoms with E-state index < -0.39 is 0 Å². The van der Waals surface area contributed by atoms with Crippen molar-refractivity contribution in [1.82, 2.24) is 20.0 Å². The van der Waals surface area contributed by atoms with E-state index >= 15 is 0 Å². The number of hydrogen-bond donors (Lipinski definition) is 1. The van der Waals surface area contributed by atoms with Crippen molar-refractivity contribution in [3.8, 4) is 0 Å². The molecule has 2 aliphatic rings. The van der Waals surface area contributed by atoms with Crippen LogP contribution in [0.4, 0.5) is 0 Å². The summed E-state index contributed by atoms with van der Waals surface area (Å²) < 4.78 is 0. The van der Waals surface area contributed by atoms with E-state index in [1.54, 1.807) is 0 Å². The van der Waals surface area contributed by atoms with Gasteiger partial charge in [-0.05, 0) is 32.8 Å². The Morgan fingerprint density at radius 1 is 1.45 bits per heavy atom. The van der Waals surface area contributed by atoms with Gasteiger partial charge in [-0.25, -0.2) is 0 Å². The molecular weight excluding hydrogens is 252 g/mol. The maximum atomic E-state index is 12.6. The van der Waals surface area contributed by atoms with Gasteiger partial charge in [0, 0.05) is 36.9 Å². The number of nitrogens with zero attached hydrogens (tertiary/aromatic N) is 3. The zero-order valence-corrected chi connectivity index (χ0v) is 12.6. The lowest BCUT2D eigenvalue weighted by atomic mass is 10.2. The standard InChI is InChI=1S/C15H24N4O/c1-4-5-11-6-14(17-16-11)15(20)19-9-12-7-13(19)8-18(12)10(2)3/h6,10,12-13H,4-5,7-9H2,1-3H3,(H,16,17)/t12-,13-/m0/s1. The van der Waals surface area contributed by atoms with Crippen molar-refractivity contribution in [1.29, 1.82) is 0 Å². The Bertz CT molecular complexity index is 496. The molecule has 2 aliphatic heterocycles. The van der Waals surface area contributed by atoms with E-state index in [1.807, 2.05) is 11.0 Å². The lowest BCUT2D eigenvalue weighted by Gasteiger charge is -2.36. The van der Waals surface area contributed by atoms with Crippen LogP contribution in [0.5, 0.6) is 0 Å². The molecule has 1 aromatic rings. The quantitative estimate of drug-likeness (QED) is 0.910. The number of nitrogens with one attached hydrogen (secondary N) is 1. The summed E-state index contributed by atoms with van der Waals surface area (Å²) in [6.07, 6.45) is 3.14. The van der Waals surface area contributed by atoms with Gasteiger partial charge < -0.3 is 4.90 Å². The molecule has 0 aromatic carbocycles. The predicted molar refractivity (Wildman–Crippen MR) is 77.7 cm³/mol. The molecule has 110 valence electrons. The van der Waals surface area contributed by atoms with Gasteiger partial charge in [-0.2, -0.15) is 5.10 Å². The maximum absolute atomic E-state index is 12.6. The van der Waals surface area contributed by atoms with Crippen LogP contribution >= 0.6 is 0 Å². The van der Waals surface area contributed by atoms with E-state index in [4.69, 9.17) is 0 Å². The molecule has 1 amide bonds. The molecule has 0 saturated carbocycles. The number of amides is 1. The smallest absolute Gasteiger partial charge is 0.274 e. The Morgan fingerprint density at radius 2 is 2.25 bits per heavy atom. The molecular formula is C15H24N4O. The van der Waals surface area contributed by atoms with Crippen LogP contribution in [0.3, 0.4) is 0 Å². The van der Waals surface area contributed by atoms with Crippen molar-refractivity contribution >= 4 is 5.91 Å². The first-order valence-corrected chi connectivity index (χ1v) is 7.71. The molecule has 2 atom stereocenters. The first-order valence-electron chi connectivity index (χ1n) is 7.71. The number of piperazine rings is 1. The van der Waals surface area contributed by atoms with Crippen molar-refractivity contribution < 1.29 is 4.79 Å². The summed E-state index contributed by atoms with van der Waals surface area (Å²) in [5.41, 5.74) is 1.64. The fraction of sp³-hybridized carbons (Fsp3) is 0.733. The van der Waals surface area contributed by atoms with Gasteiger partial charge in [0.1, 0.15) is 5.69 Å². The molecule has 2 fully saturated rings. The summed E-state index contributed by atoms with van der Waals surface area (Å²) in [4.78, 5) is 17.1. The van der Waals surface area contributed by atoms with Crippen LogP contribution in [-0.4, -0.2) is 57.1 Å². The van der Waals surface area contributed by atoms with Crippen molar-refractivity contribution in [2.45, 2.75) is 58.2 Å². The highest BCUT2D eigenvalue weighted by Gasteiger charge is 2.46. The largest absolute Gasteiger partial charge is 0.331 e. The Morgan fingerprint density at radius 3 is 2.85 bits per heavy atom. The molecule has 2 saturated heterocycles. The number of hydrogen-bond acceptors (Lipinski definition) is 3. The van der Waals surface area contributed by atoms with Gasteiger partial charge in [0.05, 0.1) is 0 Å². The highest BCUT2D eigenvalue weighted by atomic mass is 16.2. The number of aromatic nitrogens is 2. The minimum atomic E-state index is 0.0968. The minimum Gasteiger partial charge on any atom is -0.331 e. The van der Waals surface area contributed by atoms with E-state index in [0.717, 1.165) is 38.0 Å². The van der Waals surface area contributed by atoms with Crippen molar-refractivity contribution in [2.75, 3.05) is 13.1 Å². The van der Waals surface area contributed by atoms with Crippen LogP contribution < -0.4 is 0 Å². The summed E-state index contributed by atoms with van der Waals surface area (Å²) >= 11 is 0. The average molecular weight is 276 g/mol. The van der Waals surface area contributed by atoms with Gasteiger partial charge in [-0.1, -0.05) is 13.3 Å². The predicted octanol–water partition coefficient (Wildman–Crippen LogP) is 1.67. The SMILES string of the molecule is CCCc1cc(C(=O)N2C[C@@H]3C[C@H]2CN3C(C)C)n[nH]1. The first kappa shape index (κ1) is 13.6. The summed E-state index contributed by atoms with van der Waals surface area (Å²) in [5.74, 6) is 0.0968. The van der Waals surface area contributed by atoms with Gasteiger partial charge in [-0.15, -0.1) is 0 Å². The molecule has 20 heavy (non-hydrogen) atoms. The third kappa shape index (κ3) is 2.24. The number of H-pyrrole nitrogens is 1. The topological polar surface area (TPSA) is 52.2 Å². The van der Waals surface area contributed by atoms with Crippen LogP contribution in [0, 0.1) is 0 Å². The number of aromatic amines is 1. The zero-order valence-electron chi connectivity index (χ0n) is 12.6. The van der Waals surface area contributed by atoms with Crippen LogP contribution in [0.25, 0.3) is 0 Å². The zero-order chi connectivity index (χ0) is 14.3. The number of likely N-dealkylation sites (tertiary alicyclic amines) is 2. The van der Waals surface area contributed by atoms with Gasteiger partial charge in [0.25, 0.3) is 5.91 Å². The lowest BCUT2D eigenvalue weighted by Crippen LogP contribution is -2.50. The molecule has 0 unspecified atom stereocenters. The third-order valence-corrected chi connectivity index (χ3v) is 4.58. The molecule has 3 heterocycles. The van der Waals surface area contributed by atoms with Crippen molar-refractivity contribution in [3.05, 3.63) is 17.5 Å². The fourth-order valence-electron chi connectivity index (χ4n) is 3.59. The Balaban J connectivity index is 1.68. The lowest BCUT2D eigenvalue weighted by molar-refractivity contribution is 0.0577. The molecule has 0 radical (unpaired) electrons. The summed E-state index contributed by atoms with van der Waals surface area (Å²) in [6, 6.07) is 3.40.